The first-order valence-corrected chi connectivity index (χ1v) is 10.1. The Kier molecular flexibility index (Phi) is 7.34. The van der Waals surface area contributed by atoms with Gasteiger partial charge >= 0.3 is 6.03 Å². The van der Waals surface area contributed by atoms with Gasteiger partial charge in [0, 0.05) is 40.2 Å². The lowest BCUT2D eigenvalue weighted by atomic mass is 9.94. The molecule has 0 bridgehead atoms. The summed E-state index contributed by atoms with van der Waals surface area (Å²) in [5.74, 6) is 0.760. The van der Waals surface area contributed by atoms with Gasteiger partial charge in [0.15, 0.2) is 17.8 Å². The van der Waals surface area contributed by atoms with Crippen LogP contribution in [0.5, 0.6) is 11.5 Å². The molecule has 0 radical (unpaired) electrons. The smallest absolute Gasteiger partial charge is 0.327 e. The van der Waals surface area contributed by atoms with Gasteiger partial charge in [0.05, 0.1) is 20.8 Å². The molecule has 0 unspecified atom stereocenters. The second-order valence-electron chi connectivity index (χ2n) is 7.40. The Bertz CT molecular complexity index is 790. The molecule has 1 atom stereocenters. The fourth-order valence-electron chi connectivity index (χ4n) is 3.92. The number of benzene rings is 1. The van der Waals surface area contributed by atoms with Crippen molar-refractivity contribution < 1.29 is 33.3 Å². The van der Waals surface area contributed by atoms with Crippen LogP contribution in [0.1, 0.15) is 24.0 Å². The minimum Gasteiger partial charge on any atom is -0.493 e. The van der Waals surface area contributed by atoms with E-state index in [0.717, 1.165) is 11.1 Å². The molecule has 1 aromatic rings. The summed E-state index contributed by atoms with van der Waals surface area (Å²) >= 11 is 0. The molecule has 2 heterocycles. The molecule has 1 fully saturated rings. The van der Waals surface area contributed by atoms with E-state index < -0.39 is 12.3 Å². The third kappa shape index (κ3) is 4.75. The van der Waals surface area contributed by atoms with E-state index >= 15 is 0 Å². The molecule has 1 saturated heterocycles. The predicted octanol–water partition coefficient (Wildman–Crippen LogP) is 0.908. The van der Waals surface area contributed by atoms with E-state index in [2.05, 4.69) is 5.32 Å². The maximum absolute atomic E-state index is 12.9. The molecule has 4 amide bonds. The molecule has 0 aromatic heterocycles. The number of nitrogens with one attached hydrogen (secondary N) is 1. The Morgan fingerprint density at radius 3 is 2.35 bits per heavy atom. The minimum absolute atomic E-state index is 0.191. The number of fused-ring (bicyclic) bond motifs is 2. The summed E-state index contributed by atoms with van der Waals surface area (Å²) in [6.07, 6.45) is 0.479. The van der Waals surface area contributed by atoms with Gasteiger partial charge in [-0.05, 0) is 29.7 Å². The van der Waals surface area contributed by atoms with E-state index in [9.17, 15) is 14.4 Å². The first-order chi connectivity index (χ1) is 14.9. The fourth-order valence-corrected chi connectivity index (χ4v) is 3.92. The van der Waals surface area contributed by atoms with Crippen molar-refractivity contribution in [3.8, 4) is 11.5 Å². The summed E-state index contributed by atoms with van der Waals surface area (Å²) in [7, 11) is 6.10. The Hall–Kier alpha value is -2.85. The second kappa shape index (κ2) is 9.97. The van der Waals surface area contributed by atoms with Crippen LogP contribution in [0.25, 0.3) is 0 Å². The summed E-state index contributed by atoms with van der Waals surface area (Å²) < 4.78 is 20.7. The number of imide groups is 1. The van der Waals surface area contributed by atoms with Crippen molar-refractivity contribution in [2.75, 3.05) is 41.5 Å². The molecule has 3 rings (SSSR count). The summed E-state index contributed by atoms with van der Waals surface area (Å²) in [6, 6.07) is 2.86. The number of methoxy groups -OCH3 is 4. The predicted molar refractivity (Wildman–Crippen MR) is 110 cm³/mol. The number of urea groups is 1. The highest BCUT2D eigenvalue weighted by Gasteiger charge is 2.47. The van der Waals surface area contributed by atoms with Crippen molar-refractivity contribution in [2.45, 2.75) is 38.1 Å². The van der Waals surface area contributed by atoms with Crippen LogP contribution in [0.2, 0.25) is 0 Å². The van der Waals surface area contributed by atoms with Crippen LogP contribution in [0, 0.1) is 0 Å². The zero-order valence-electron chi connectivity index (χ0n) is 18.3. The maximum atomic E-state index is 12.9. The van der Waals surface area contributed by atoms with E-state index in [1.165, 1.54) is 19.1 Å². The number of hydrogen-bond donors (Lipinski definition) is 1. The minimum atomic E-state index is -0.531. The fraction of sp³-hybridized carbons (Fsp3) is 0.571. The van der Waals surface area contributed by atoms with E-state index in [1.54, 1.807) is 19.1 Å². The molecule has 0 spiro atoms. The van der Waals surface area contributed by atoms with E-state index in [0.29, 0.717) is 30.9 Å². The first-order valence-electron chi connectivity index (χ1n) is 10.1. The van der Waals surface area contributed by atoms with Crippen LogP contribution >= 0.6 is 0 Å². The number of carbonyl (C=O) groups is 3. The Labute approximate surface area is 181 Å². The SMILES string of the molecule is COc1cc2c(cc1OC)CN1C(=O)N(CCCC(=O)NCC(OC)OC)C(=O)[C@@H]1C2. The summed E-state index contributed by atoms with van der Waals surface area (Å²) in [5, 5.41) is 2.70. The van der Waals surface area contributed by atoms with Crippen LogP contribution in [0.3, 0.4) is 0 Å². The normalized spacial score (nSPS) is 17.6. The van der Waals surface area contributed by atoms with Gasteiger partial charge in [-0.1, -0.05) is 0 Å². The Balaban J connectivity index is 1.58. The van der Waals surface area contributed by atoms with Crippen molar-refractivity contribution in [2.24, 2.45) is 0 Å². The van der Waals surface area contributed by atoms with Gasteiger partial charge < -0.3 is 29.2 Å². The standard InChI is InChI=1S/C21H29N3O7/c1-28-16-9-13-8-15-20(26)23(7-5-6-18(25)22-11-19(30-3)31-4)21(27)24(15)12-14(13)10-17(16)29-2/h9-10,15,19H,5-8,11-12H2,1-4H3,(H,22,25)/t15-/m0/s1. The van der Waals surface area contributed by atoms with Gasteiger partial charge in [0.1, 0.15) is 6.04 Å². The highest BCUT2D eigenvalue weighted by molar-refractivity contribution is 6.04. The highest BCUT2D eigenvalue weighted by Crippen LogP contribution is 2.37. The lowest BCUT2D eigenvalue weighted by molar-refractivity contribution is -0.130. The quantitative estimate of drug-likeness (QED) is 0.430. The van der Waals surface area contributed by atoms with Crippen LogP contribution in [0.15, 0.2) is 12.1 Å². The van der Waals surface area contributed by atoms with E-state index in [-0.39, 0.29) is 37.4 Å². The lowest BCUT2D eigenvalue weighted by Crippen LogP contribution is -2.40. The molecule has 1 aromatic carbocycles. The number of hydrogen-bond acceptors (Lipinski definition) is 7. The van der Waals surface area contributed by atoms with Crippen molar-refractivity contribution in [1.82, 2.24) is 15.1 Å². The van der Waals surface area contributed by atoms with Crippen LogP contribution in [-0.4, -0.2) is 81.5 Å². The van der Waals surface area contributed by atoms with Gasteiger partial charge in [0.25, 0.3) is 5.91 Å². The highest BCUT2D eigenvalue weighted by atomic mass is 16.7. The van der Waals surface area contributed by atoms with Gasteiger partial charge in [-0.15, -0.1) is 0 Å². The van der Waals surface area contributed by atoms with Gasteiger partial charge in [-0.2, -0.15) is 0 Å². The molecule has 170 valence electrons. The number of rotatable bonds is 10. The monoisotopic (exact) mass is 435 g/mol. The maximum Gasteiger partial charge on any atom is 0.327 e. The molecular weight excluding hydrogens is 406 g/mol. The summed E-state index contributed by atoms with van der Waals surface area (Å²) in [6.45, 7) is 0.755. The molecule has 0 saturated carbocycles. The molecule has 0 aliphatic carbocycles. The van der Waals surface area contributed by atoms with Crippen LogP contribution < -0.4 is 14.8 Å². The Morgan fingerprint density at radius 1 is 1.10 bits per heavy atom. The van der Waals surface area contributed by atoms with Crippen LogP contribution in [0.4, 0.5) is 4.79 Å². The largest absolute Gasteiger partial charge is 0.493 e. The van der Waals surface area contributed by atoms with Gasteiger partial charge in [-0.3, -0.25) is 14.5 Å². The van der Waals surface area contributed by atoms with Crippen molar-refractivity contribution in [3.05, 3.63) is 23.3 Å². The van der Waals surface area contributed by atoms with Crippen LogP contribution in [-0.2, 0) is 32.0 Å². The molecule has 2 aliphatic heterocycles. The zero-order chi connectivity index (χ0) is 22.5. The number of nitrogens with zero attached hydrogens (tertiary/aromatic N) is 2. The number of amides is 4. The third-order valence-electron chi connectivity index (χ3n) is 5.64. The lowest BCUT2D eigenvalue weighted by Gasteiger charge is -2.29. The third-order valence-corrected chi connectivity index (χ3v) is 5.64. The Morgan fingerprint density at radius 2 is 1.74 bits per heavy atom. The van der Waals surface area contributed by atoms with Gasteiger partial charge in [-0.25, -0.2) is 4.79 Å². The van der Waals surface area contributed by atoms with E-state index in [1.807, 2.05) is 12.1 Å². The zero-order valence-corrected chi connectivity index (χ0v) is 18.3. The summed E-state index contributed by atoms with van der Waals surface area (Å²) in [5.41, 5.74) is 1.90. The van der Waals surface area contributed by atoms with Crippen molar-refractivity contribution in [3.63, 3.8) is 0 Å². The molecule has 1 N–H and O–H groups in total. The van der Waals surface area contributed by atoms with Gasteiger partial charge in [0.2, 0.25) is 5.91 Å². The molecule has 2 aliphatic rings. The molecule has 10 nitrogen and oxygen atoms in total. The second-order valence-corrected chi connectivity index (χ2v) is 7.40. The summed E-state index contributed by atoms with van der Waals surface area (Å²) in [4.78, 5) is 40.5. The van der Waals surface area contributed by atoms with Crippen molar-refractivity contribution >= 4 is 17.8 Å². The van der Waals surface area contributed by atoms with Crippen molar-refractivity contribution in [1.29, 1.82) is 0 Å². The topological polar surface area (TPSA) is 107 Å². The molecule has 10 heteroatoms. The average molecular weight is 435 g/mol. The number of ether oxygens (including phenoxy) is 4. The molecule has 31 heavy (non-hydrogen) atoms. The first kappa shape index (κ1) is 22.8. The number of carbonyl (C=O) groups excluding carboxylic acids is 3. The average Bonchev–Trinajstić information content (AvgIpc) is 3.01. The molecular formula is C21H29N3O7. The van der Waals surface area contributed by atoms with E-state index in [4.69, 9.17) is 18.9 Å².